The third-order valence-corrected chi connectivity index (χ3v) is 2.94. The molecule has 1 atom stereocenters. The van der Waals surface area contributed by atoms with Crippen molar-refractivity contribution in [3.05, 3.63) is 29.8 Å². The van der Waals surface area contributed by atoms with Crippen LogP contribution in [0, 0.1) is 5.92 Å². The maximum atomic E-state index is 11.8. The predicted octanol–water partition coefficient (Wildman–Crippen LogP) is 1.80. The minimum Gasteiger partial charge on any atom is -0.384 e. The highest BCUT2D eigenvalue weighted by Crippen LogP contribution is 2.24. The van der Waals surface area contributed by atoms with E-state index in [9.17, 15) is 4.79 Å². The number of para-hydroxylation sites is 1. The van der Waals surface area contributed by atoms with Crippen LogP contribution in [-0.4, -0.2) is 19.0 Å². The number of nitrogens with one attached hydrogen (secondary N) is 2. The fourth-order valence-electron chi connectivity index (χ4n) is 2.02. The minimum absolute atomic E-state index is 0.0708. The van der Waals surface area contributed by atoms with Crippen LogP contribution in [0.3, 0.4) is 0 Å². The summed E-state index contributed by atoms with van der Waals surface area (Å²) in [4.78, 5) is 11.8. The molecule has 0 bridgehead atoms. The third kappa shape index (κ3) is 2.35. The van der Waals surface area contributed by atoms with Gasteiger partial charge in [0.1, 0.15) is 0 Å². The summed E-state index contributed by atoms with van der Waals surface area (Å²) in [7, 11) is 0. The standard InChI is InChI=1S/C13H18N2O/c1-2-7-14-13(16)11-8-10-5-3-4-6-12(10)15-9-11/h3-6,11,15H,2,7-9H2,1H3,(H,14,16)/t11-/m1/s1. The van der Waals surface area contributed by atoms with Crippen molar-refractivity contribution in [1.29, 1.82) is 0 Å². The van der Waals surface area contributed by atoms with Gasteiger partial charge in [0.05, 0.1) is 5.92 Å². The maximum Gasteiger partial charge on any atom is 0.225 e. The smallest absolute Gasteiger partial charge is 0.225 e. The third-order valence-electron chi connectivity index (χ3n) is 2.94. The van der Waals surface area contributed by atoms with Gasteiger partial charge in [-0.3, -0.25) is 4.79 Å². The maximum absolute atomic E-state index is 11.8. The first-order valence-electron chi connectivity index (χ1n) is 5.90. The molecule has 86 valence electrons. The zero-order chi connectivity index (χ0) is 11.4. The zero-order valence-electron chi connectivity index (χ0n) is 9.62. The molecule has 1 heterocycles. The Balaban J connectivity index is 1.99. The van der Waals surface area contributed by atoms with Crippen LogP contribution >= 0.6 is 0 Å². The second-order valence-electron chi connectivity index (χ2n) is 4.23. The van der Waals surface area contributed by atoms with Crippen LogP contribution in [0.2, 0.25) is 0 Å². The van der Waals surface area contributed by atoms with Crippen molar-refractivity contribution in [2.75, 3.05) is 18.4 Å². The molecule has 0 fully saturated rings. The van der Waals surface area contributed by atoms with Crippen molar-refractivity contribution in [3.63, 3.8) is 0 Å². The summed E-state index contributed by atoms with van der Waals surface area (Å²) < 4.78 is 0. The van der Waals surface area contributed by atoms with Gasteiger partial charge in [0, 0.05) is 18.8 Å². The largest absolute Gasteiger partial charge is 0.384 e. The Hall–Kier alpha value is -1.51. The minimum atomic E-state index is 0.0708. The highest BCUT2D eigenvalue weighted by molar-refractivity contribution is 5.80. The molecule has 2 rings (SSSR count). The van der Waals surface area contributed by atoms with Gasteiger partial charge in [0.2, 0.25) is 5.91 Å². The Morgan fingerprint density at radius 1 is 1.50 bits per heavy atom. The topological polar surface area (TPSA) is 41.1 Å². The van der Waals surface area contributed by atoms with Crippen LogP contribution in [0.25, 0.3) is 0 Å². The highest BCUT2D eigenvalue weighted by Gasteiger charge is 2.23. The molecular weight excluding hydrogens is 200 g/mol. The summed E-state index contributed by atoms with van der Waals surface area (Å²) in [6, 6.07) is 8.19. The van der Waals surface area contributed by atoms with Gasteiger partial charge in [0.25, 0.3) is 0 Å². The van der Waals surface area contributed by atoms with E-state index in [1.165, 1.54) is 11.3 Å². The van der Waals surface area contributed by atoms with Crippen molar-refractivity contribution < 1.29 is 4.79 Å². The summed E-state index contributed by atoms with van der Waals surface area (Å²) in [5.41, 5.74) is 2.41. The normalized spacial score (nSPS) is 18.4. The van der Waals surface area contributed by atoms with E-state index in [1.54, 1.807) is 0 Å². The Labute approximate surface area is 96.2 Å². The lowest BCUT2D eigenvalue weighted by atomic mass is 9.93. The SMILES string of the molecule is CCCNC(=O)[C@H]1CNc2ccccc2C1. The molecule has 16 heavy (non-hydrogen) atoms. The molecule has 0 radical (unpaired) electrons. The van der Waals surface area contributed by atoms with Crippen LogP contribution in [0.5, 0.6) is 0 Å². The van der Waals surface area contributed by atoms with Crippen LogP contribution in [-0.2, 0) is 11.2 Å². The van der Waals surface area contributed by atoms with Crippen molar-refractivity contribution in [2.45, 2.75) is 19.8 Å². The van der Waals surface area contributed by atoms with E-state index in [0.29, 0.717) is 0 Å². The summed E-state index contributed by atoms with van der Waals surface area (Å²) >= 11 is 0. The molecule has 1 aliphatic heterocycles. The number of carbonyl (C=O) groups is 1. The van der Waals surface area contributed by atoms with Crippen LogP contribution in [0.4, 0.5) is 5.69 Å². The average molecular weight is 218 g/mol. The van der Waals surface area contributed by atoms with Gasteiger partial charge in [-0.15, -0.1) is 0 Å². The lowest BCUT2D eigenvalue weighted by molar-refractivity contribution is -0.124. The summed E-state index contributed by atoms with van der Waals surface area (Å²) in [6.45, 7) is 3.58. The number of hydrogen-bond acceptors (Lipinski definition) is 2. The van der Waals surface area contributed by atoms with Crippen molar-refractivity contribution >= 4 is 11.6 Å². The Morgan fingerprint density at radius 2 is 2.31 bits per heavy atom. The Morgan fingerprint density at radius 3 is 3.12 bits per heavy atom. The van der Waals surface area contributed by atoms with Gasteiger partial charge < -0.3 is 10.6 Å². The molecule has 3 heteroatoms. The fourth-order valence-corrected chi connectivity index (χ4v) is 2.02. The second-order valence-corrected chi connectivity index (χ2v) is 4.23. The average Bonchev–Trinajstić information content (AvgIpc) is 2.35. The number of amides is 1. The predicted molar refractivity (Wildman–Crippen MR) is 65.4 cm³/mol. The van der Waals surface area contributed by atoms with E-state index in [2.05, 4.69) is 29.7 Å². The molecule has 2 N–H and O–H groups in total. The molecule has 0 aliphatic carbocycles. The molecule has 3 nitrogen and oxygen atoms in total. The number of benzene rings is 1. The van der Waals surface area contributed by atoms with Gasteiger partial charge in [-0.05, 0) is 24.5 Å². The number of anilines is 1. The summed E-state index contributed by atoms with van der Waals surface area (Å²) in [5.74, 6) is 0.241. The number of carbonyl (C=O) groups excluding carboxylic acids is 1. The summed E-state index contributed by atoms with van der Waals surface area (Å²) in [6.07, 6.45) is 1.83. The van der Waals surface area contributed by atoms with Gasteiger partial charge in [-0.1, -0.05) is 25.1 Å². The fraction of sp³-hybridized carbons (Fsp3) is 0.462. The lowest BCUT2D eigenvalue weighted by Crippen LogP contribution is -2.38. The van der Waals surface area contributed by atoms with Gasteiger partial charge >= 0.3 is 0 Å². The first-order chi connectivity index (χ1) is 7.81. The van der Waals surface area contributed by atoms with Crippen molar-refractivity contribution in [1.82, 2.24) is 5.32 Å². The van der Waals surface area contributed by atoms with Gasteiger partial charge in [-0.2, -0.15) is 0 Å². The molecule has 0 saturated carbocycles. The molecule has 0 saturated heterocycles. The molecule has 1 aromatic carbocycles. The molecule has 0 spiro atoms. The Kier molecular flexibility index (Phi) is 3.44. The van der Waals surface area contributed by atoms with Crippen LogP contribution < -0.4 is 10.6 Å². The Bertz CT molecular complexity index is 376. The number of rotatable bonds is 3. The van der Waals surface area contributed by atoms with E-state index < -0.39 is 0 Å². The van der Waals surface area contributed by atoms with Crippen molar-refractivity contribution in [2.24, 2.45) is 5.92 Å². The molecule has 0 aromatic heterocycles. The first kappa shape index (κ1) is 11.0. The van der Waals surface area contributed by atoms with Crippen molar-refractivity contribution in [3.8, 4) is 0 Å². The summed E-state index contributed by atoms with van der Waals surface area (Å²) in [5, 5.41) is 6.26. The van der Waals surface area contributed by atoms with Gasteiger partial charge in [-0.25, -0.2) is 0 Å². The van der Waals surface area contributed by atoms with E-state index in [-0.39, 0.29) is 11.8 Å². The molecular formula is C13H18N2O. The van der Waals surface area contributed by atoms with Crippen LogP contribution in [0.15, 0.2) is 24.3 Å². The number of fused-ring (bicyclic) bond motifs is 1. The number of hydrogen-bond donors (Lipinski definition) is 2. The quantitative estimate of drug-likeness (QED) is 0.812. The zero-order valence-corrected chi connectivity index (χ0v) is 9.62. The second kappa shape index (κ2) is 5.01. The highest BCUT2D eigenvalue weighted by atomic mass is 16.1. The van der Waals surface area contributed by atoms with E-state index in [0.717, 1.165) is 25.9 Å². The van der Waals surface area contributed by atoms with E-state index in [1.807, 2.05) is 12.1 Å². The van der Waals surface area contributed by atoms with Gasteiger partial charge in [0.15, 0.2) is 0 Å². The molecule has 1 amide bonds. The molecule has 1 aromatic rings. The van der Waals surface area contributed by atoms with E-state index in [4.69, 9.17) is 0 Å². The molecule has 0 unspecified atom stereocenters. The lowest BCUT2D eigenvalue weighted by Gasteiger charge is -2.25. The first-order valence-corrected chi connectivity index (χ1v) is 5.90. The molecule has 1 aliphatic rings. The van der Waals surface area contributed by atoms with E-state index >= 15 is 0 Å². The van der Waals surface area contributed by atoms with Crippen LogP contribution in [0.1, 0.15) is 18.9 Å². The monoisotopic (exact) mass is 218 g/mol.